The normalized spacial score (nSPS) is 12.0. The SMILES string of the molecule is C=C[C@@H](CC(=O)O)OCc1ccccc1. The Morgan fingerprint density at radius 2 is 2.13 bits per heavy atom. The lowest BCUT2D eigenvalue weighted by Gasteiger charge is -2.11. The fourth-order valence-corrected chi connectivity index (χ4v) is 1.16. The van der Waals surface area contributed by atoms with Gasteiger partial charge in [-0.3, -0.25) is 4.79 Å². The Balaban J connectivity index is 2.41. The van der Waals surface area contributed by atoms with Crippen molar-refractivity contribution in [1.29, 1.82) is 0 Å². The van der Waals surface area contributed by atoms with Crippen LogP contribution < -0.4 is 0 Å². The number of carboxylic acid groups (broad SMARTS) is 1. The van der Waals surface area contributed by atoms with Crippen molar-refractivity contribution in [3.8, 4) is 0 Å². The molecule has 3 nitrogen and oxygen atoms in total. The molecule has 0 heterocycles. The van der Waals surface area contributed by atoms with Crippen LogP contribution in [0.25, 0.3) is 0 Å². The molecular formula is C12H14O3. The molecule has 1 aromatic carbocycles. The molecule has 0 saturated carbocycles. The average molecular weight is 206 g/mol. The highest BCUT2D eigenvalue weighted by molar-refractivity contribution is 5.67. The Hall–Kier alpha value is -1.61. The number of aliphatic carboxylic acids is 1. The molecule has 0 radical (unpaired) electrons. The molecule has 0 aliphatic rings. The fourth-order valence-electron chi connectivity index (χ4n) is 1.16. The van der Waals surface area contributed by atoms with E-state index in [2.05, 4.69) is 6.58 Å². The highest BCUT2D eigenvalue weighted by Crippen LogP contribution is 2.06. The Morgan fingerprint density at radius 1 is 1.47 bits per heavy atom. The molecule has 0 spiro atoms. The molecule has 1 rings (SSSR count). The first-order chi connectivity index (χ1) is 7.22. The predicted octanol–water partition coefficient (Wildman–Crippen LogP) is 2.23. The van der Waals surface area contributed by atoms with Crippen molar-refractivity contribution in [2.45, 2.75) is 19.1 Å². The Labute approximate surface area is 89.0 Å². The molecule has 0 bridgehead atoms. The van der Waals surface area contributed by atoms with E-state index in [1.165, 1.54) is 6.08 Å². The molecule has 80 valence electrons. The van der Waals surface area contributed by atoms with E-state index in [0.717, 1.165) is 5.56 Å². The molecule has 0 aromatic heterocycles. The molecular weight excluding hydrogens is 192 g/mol. The smallest absolute Gasteiger partial charge is 0.306 e. The van der Waals surface area contributed by atoms with E-state index < -0.39 is 12.1 Å². The van der Waals surface area contributed by atoms with Crippen molar-refractivity contribution in [2.75, 3.05) is 0 Å². The maximum absolute atomic E-state index is 10.5. The summed E-state index contributed by atoms with van der Waals surface area (Å²) in [7, 11) is 0. The molecule has 0 unspecified atom stereocenters. The predicted molar refractivity (Wildman–Crippen MR) is 57.5 cm³/mol. The maximum atomic E-state index is 10.5. The summed E-state index contributed by atoms with van der Waals surface area (Å²) in [5, 5.41) is 8.58. The highest BCUT2D eigenvalue weighted by atomic mass is 16.5. The van der Waals surface area contributed by atoms with Crippen LogP contribution in [0.2, 0.25) is 0 Å². The standard InChI is InChI=1S/C12H14O3/c1-2-11(8-12(13)14)15-9-10-6-4-3-5-7-10/h2-7,11H,1,8-9H2,(H,13,14)/t11-/m0/s1. The van der Waals surface area contributed by atoms with Crippen molar-refractivity contribution < 1.29 is 14.6 Å². The average Bonchev–Trinajstić information content (AvgIpc) is 2.25. The van der Waals surface area contributed by atoms with Crippen molar-refractivity contribution >= 4 is 5.97 Å². The zero-order valence-electron chi connectivity index (χ0n) is 8.43. The Morgan fingerprint density at radius 3 is 2.67 bits per heavy atom. The van der Waals surface area contributed by atoms with Crippen LogP contribution in [0, 0.1) is 0 Å². The van der Waals surface area contributed by atoms with Gasteiger partial charge >= 0.3 is 5.97 Å². The Kier molecular flexibility index (Phi) is 4.57. The number of hydrogen-bond acceptors (Lipinski definition) is 2. The minimum absolute atomic E-state index is 0.0453. The summed E-state index contributed by atoms with van der Waals surface area (Å²) in [6, 6.07) is 9.62. The van der Waals surface area contributed by atoms with Gasteiger partial charge in [-0.25, -0.2) is 0 Å². The first kappa shape index (κ1) is 11.5. The number of carbonyl (C=O) groups is 1. The van der Waals surface area contributed by atoms with Gasteiger partial charge in [0.25, 0.3) is 0 Å². The van der Waals surface area contributed by atoms with Gasteiger partial charge in [-0.2, -0.15) is 0 Å². The fraction of sp³-hybridized carbons (Fsp3) is 0.250. The van der Waals surface area contributed by atoms with Crippen LogP contribution in [0.4, 0.5) is 0 Å². The second-order valence-electron chi connectivity index (χ2n) is 3.17. The third kappa shape index (κ3) is 4.42. The second kappa shape index (κ2) is 5.98. The first-order valence-electron chi connectivity index (χ1n) is 4.72. The van der Waals surface area contributed by atoms with E-state index in [1.54, 1.807) is 0 Å². The zero-order chi connectivity index (χ0) is 11.1. The van der Waals surface area contributed by atoms with Crippen LogP contribution >= 0.6 is 0 Å². The minimum atomic E-state index is -0.882. The third-order valence-electron chi connectivity index (χ3n) is 1.95. The van der Waals surface area contributed by atoms with Crippen LogP contribution in [0.5, 0.6) is 0 Å². The highest BCUT2D eigenvalue weighted by Gasteiger charge is 2.09. The second-order valence-corrected chi connectivity index (χ2v) is 3.17. The summed E-state index contributed by atoms with van der Waals surface area (Å²) in [5.74, 6) is -0.882. The van der Waals surface area contributed by atoms with E-state index in [-0.39, 0.29) is 6.42 Å². The largest absolute Gasteiger partial charge is 0.481 e. The van der Waals surface area contributed by atoms with Crippen LogP contribution in [0.3, 0.4) is 0 Å². The summed E-state index contributed by atoms with van der Waals surface area (Å²) >= 11 is 0. The summed E-state index contributed by atoms with van der Waals surface area (Å²) in [6.07, 6.45) is 1.04. The van der Waals surface area contributed by atoms with E-state index in [0.29, 0.717) is 6.61 Å². The van der Waals surface area contributed by atoms with E-state index in [9.17, 15) is 4.79 Å². The van der Waals surface area contributed by atoms with Gasteiger partial charge in [0.05, 0.1) is 19.1 Å². The Bertz CT molecular complexity index is 319. The molecule has 1 atom stereocenters. The van der Waals surface area contributed by atoms with Gasteiger partial charge in [-0.15, -0.1) is 6.58 Å². The monoisotopic (exact) mass is 206 g/mol. The van der Waals surface area contributed by atoms with Crippen molar-refractivity contribution in [3.05, 3.63) is 48.6 Å². The van der Waals surface area contributed by atoms with Crippen molar-refractivity contribution in [1.82, 2.24) is 0 Å². The van der Waals surface area contributed by atoms with Crippen molar-refractivity contribution in [3.63, 3.8) is 0 Å². The number of hydrogen-bond donors (Lipinski definition) is 1. The van der Waals surface area contributed by atoms with E-state index >= 15 is 0 Å². The van der Waals surface area contributed by atoms with E-state index in [1.807, 2.05) is 30.3 Å². The van der Waals surface area contributed by atoms with Gasteiger partial charge < -0.3 is 9.84 Å². The van der Waals surface area contributed by atoms with Gasteiger partial charge in [-0.05, 0) is 5.56 Å². The summed E-state index contributed by atoms with van der Waals surface area (Å²) in [6.45, 7) is 3.95. The molecule has 0 aliphatic carbocycles. The molecule has 0 saturated heterocycles. The lowest BCUT2D eigenvalue weighted by Crippen LogP contribution is -2.14. The molecule has 0 fully saturated rings. The number of carboxylic acids is 1. The van der Waals surface area contributed by atoms with Gasteiger partial charge in [-0.1, -0.05) is 36.4 Å². The molecule has 0 aliphatic heterocycles. The number of benzene rings is 1. The number of rotatable bonds is 6. The molecule has 15 heavy (non-hydrogen) atoms. The lowest BCUT2D eigenvalue weighted by atomic mass is 10.2. The van der Waals surface area contributed by atoms with Crippen LogP contribution in [0.15, 0.2) is 43.0 Å². The van der Waals surface area contributed by atoms with E-state index in [4.69, 9.17) is 9.84 Å². The maximum Gasteiger partial charge on any atom is 0.306 e. The topological polar surface area (TPSA) is 46.5 Å². The van der Waals surface area contributed by atoms with Gasteiger partial charge in [0.1, 0.15) is 0 Å². The minimum Gasteiger partial charge on any atom is -0.481 e. The summed E-state index contributed by atoms with van der Waals surface area (Å²) < 4.78 is 5.39. The zero-order valence-corrected chi connectivity index (χ0v) is 8.43. The number of ether oxygens (including phenoxy) is 1. The summed E-state index contributed by atoms with van der Waals surface area (Å²) in [4.78, 5) is 10.5. The van der Waals surface area contributed by atoms with Gasteiger partial charge in [0.15, 0.2) is 0 Å². The molecule has 3 heteroatoms. The summed E-state index contributed by atoms with van der Waals surface area (Å²) in [5.41, 5.74) is 1.02. The van der Waals surface area contributed by atoms with Gasteiger partial charge in [0.2, 0.25) is 0 Å². The molecule has 1 aromatic rings. The lowest BCUT2D eigenvalue weighted by molar-refractivity contribution is -0.139. The third-order valence-corrected chi connectivity index (χ3v) is 1.95. The van der Waals surface area contributed by atoms with Crippen LogP contribution in [-0.4, -0.2) is 17.2 Å². The quantitative estimate of drug-likeness (QED) is 0.726. The molecule has 0 amide bonds. The van der Waals surface area contributed by atoms with Crippen LogP contribution in [-0.2, 0) is 16.1 Å². The van der Waals surface area contributed by atoms with Crippen LogP contribution in [0.1, 0.15) is 12.0 Å². The first-order valence-corrected chi connectivity index (χ1v) is 4.72. The van der Waals surface area contributed by atoms with Gasteiger partial charge in [0, 0.05) is 0 Å². The van der Waals surface area contributed by atoms with Crippen molar-refractivity contribution in [2.24, 2.45) is 0 Å². The molecule has 1 N–H and O–H groups in total.